The number of ether oxygens (including phenoxy) is 1. The van der Waals surface area contributed by atoms with Gasteiger partial charge in [0.1, 0.15) is 6.04 Å². The molecule has 100 valence electrons. The predicted molar refractivity (Wildman–Crippen MR) is 74.5 cm³/mol. The number of hydrogen-bond acceptors (Lipinski definition) is 3. The van der Waals surface area contributed by atoms with E-state index in [-0.39, 0.29) is 12.0 Å². The number of piperidine rings is 1. The third-order valence-electron chi connectivity index (χ3n) is 3.38. The summed E-state index contributed by atoms with van der Waals surface area (Å²) in [5.74, 6) is 6.14. The summed E-state index contributed by atoms with van der Waals surface area (Å²) >= 11 is 0. The van der Waals surface area contributed by atoms with Crippen molar-refractivity contribution < 1.29 is 9.53 Å². The Hall–Kier alpha value is -1.79. The van der Waals surface area contributed by atoms with Gasteiger partial charge in [-0.1, -0.05) is 36.5 Å². The van der Waals surface area contributed by atoms with E-state index in [1.54, 1.807) is 0 Å². The second kappa shape index (κ2) is 6.96. The zero-order valence-corrected chi connectivity index (χ0v) is 11.3. The van der Waals surface area contributed by atoms with Gasteiger partial charge in [0.2, 0.25) is 0 Å². The van der Waals surface area contributed by atoms with Crippen LogP contribution in [0.4, 0.5) is 0 Å². The summed E-state index contributed by atoms with van der Waals surface area (Å²) in [5.41, 5.74) is 1.01. The van der Waals surface area contributed by atoms with Crippen LogP contribution in [-0.2, 0) is 9.53 Å². The molecule has 3 nitrogen and oxygen atoms in total. The minimum absolute atomic E-state index is 0.121. The molecule has 0 saturated carbocycles. The highest BCUT2D eigenvalue weighted by atomic mass is 16.5. The number of nitrogens with zero attached hydrogens (tertiary/aromatic N) is 1. The molecule has 0 aromatic heterocycles. The van der Waals surface area contributed by atoms with Crippen molar-refractivity contribution in [2.45, 2.75) is 25.3 Å². The van der Waals surface area contributed by atoms with Gasteiger partial charge in [0.05, 0.1) is 13.7 Å². The molecule has 1 aliphatic rings. The smallest absolute Gasteiger partial charge is 0.323 e. The lowest BCUT2D eigenvalue weighted by Gasteiger charge is -2.31. The SMILES string of the molecule is COC(=O)[C@H]1CCCCN1CC#Cc1ccccc1. The first kappa shape index (κ1) is 13.6. The van der Waals surface area contributed by atoms with E-state index in [2.05, 4.69) is 16.7 Å². The molecule has 1 atom stereocenters. The highest BCUT2D eigenvalue weighted by molar-refractivity contribution is 5.75. The molecule has 1 aliphatic heterocycles. The number of rotatable bonds is 2. The van der Waals surface area contributed by atoms with Crippen LogP contribution >= 0.6 is 0 Å². The lowest BCUT2D eigenvalue weighted by molar-refractivity contribution is -0.147. The van der Waals surface area contributed by atoms with Crippen LogP contribution in [-0.4, -0.2) is 37.1 Å². The average Bonchev–Trinajstić information content (AvgIpc) is 2.48. The molecule has 0 aliphatic carbocycles. The average molecular weight is 257 g/mol. The number of likely N-dealkylation sites (tertiary alicyclic amines) is 1. The predicted octanol–water partition coefficient (Wildman–Crippen LogP) is 2.07. The number of methoxy groups -OCH3 is 1. The third-order valence-corrected chi connectivity index (χ3v) is 3.38. The van der Waals surface area contributed by atoms with E-state index >= 15 is 0 Å². The quantitative estimate of drug-likeness (QED) is 0.600. The molecule has 19 heavy (non-hydrogen) atoms. The number of carbonyl (C=O) groups is 1. The Morgan fingerprint density at radius 2 is 2.16 bits per heavy atom. The van der Waals surface area contributed by atoms with Crippen molar-refractivity contribution >= 4 is 5.97 Å². The van der Waals surface area contributed by atoms with Crippen molar-refractivity contribution in [3.8, 4) is 11.8 Å². The normalized spacial score (nSPS) is 19.3. The van der Waals surface area contributed by atoms with E-state index in [0.717, 1.165) is 31.4 Å². The monoisotopic (exact) mass is 257 g/mol. The van der Waals surface area contributed by atoms with Crippen LogP contribution in [0.25, 0.3) is 0 Å². The Morgan fingerprint density at radius 3 is 2.89 bits per heavy atom. The summed E-state index contributed by atoms with van der Waals surface area (Å²) in [6, 6.07) is 9.78. The molecule has 3 heteroatoms. The number of hydrogen-bond donors (Lipinski definition) is 0. The van der Waals surface area contributed by atoms with E-state index in [9.17, 15) is 4.79 Å². The van der Waals surface area contributed by atoms with Gasteiger partial charge in [-0.05, 0) is 31.5 Å². The Balaban J connectivity index is 1.97. The fraction of sp³-hybridized carbons (Fsp3) is 0.438. The first-order chi connectivity index (χ1) is 9.31. The Labute approximate surface area is 114 Å². The van der Waals surface area contributed by atoms with Gasteiger partial charge in [0.15, 0.2) is 0 Å². The fourth-order valence-corrected chi connectivity index (χ4v) is 2.35. The van der Waals surface area contributed by atoms with Gasteiger partial charge in [-0.3, -0.25) is 9.69 Å². The second-order valence-electron chi connectivity index (χ2n) is 4.67. The number of benzene rings is 1. The van der Waals surface area contributed by atoms with E-state index < -0.39 is 0 Å². The molecular formula is C16H19NO2. The van der Waals surface area contributed by atoms with Crippen LogP contribution in [0.3, 0.4) is 0 Å². The van der Waals surface area contributed by atoms with Crippen LogP contribution in [0.2, 0.25) is 0 Å². The van der Waals surface area contributed by atoms with Gasteiger partial charge in [0, 0.05) is 5.56 Å². The van der Waals surface area contributed by atoms with Crippen molar-refractivity contribution in [3.05, 3.63) is 35.9 Å². The summed E-state index contributed by atoms with van der Waals surface area (Å²) in [5, 5.41) is 0. The van der Waals surface area contributed by atoms with Crippen LogP contribution in [0.1, 0.15) is 24.8 Å². The molecule has 1 aromatic rings. The highest BCUT2D eigenvalue weighted by Crippen LogP contribution is 2.17. The maximum absolute atomic E-state index is 11.7. The molecule has 0 radical (unpaired) electrons. The summed E-state index contributed by atoms with van der Waals surface area (Å²) in [7, 11) is 1.45. The molecular weight excluding hydrogens is 238 g/mol. The van der Waals surface area contributed by atoms with Gasteiger partial charge < -0.3 is 4.74 Å². The van der Waals surface area contributed by atoms with Crippen molar-refractivity contribution in [1.29, 1.82) is 0 Å². The van der Waals surface area contributed by atoms with E-state index in [4.69, 9.17) is 4.74 Å². The van der Waals surface area contributed by atoms with Crippen LogP contribution < -0.4 is 0 Å². The molecule has 0 spiro atoms. The summed E-state index contributed by atoms with van der Waals surface area (Å²) < 4.78 is 4.86. The largest absolute Gasteiger partial charge is 0.468 e. The summed E-state index contributed by atoms with van der Waals surface area (Å²) in [6.45, 7) is 1.54. The molecule has 2 rings (SSSR count). The molecule has 1 saturated heterocycles. The van der Waals surface area contributed by atoms with Gasteiger partial charge >= 0.3 is 5.97 Å². The first-order valence-electron chi connectivity index (χ1n) is 6.67. The summed E-state index contributed by atoms with van der Waals surface area (Å²) in [4.78, 5) is 13.8. The lowest BCUT2D eigenvalue weighted by Crippen LogP contribution is -2.45. The van der Waals surface area contributed by atoms with Crippen molar-refractivity contribution in [3.63, 3.8) is 0 Å². The van der Waals surface area contributed by atoms with E-state index in [1.165, 1.54) is 7.11 Å². The maximum atomic E-state index is 11.7. The molecule has 0 bridgehead atoms. The molecule has 0 unspecified atom stereocenters. The van der Waals surface area contributed by atoms with Crippen LogP contribution in [0.5, 0.6) is 0 Å². The zero-order chi connectivity index (χ0) is 13.5. The molecule has 1 aromatic carbocycles. The fourth-order valence-electron chi connectivity index (χ4n) is 2.35. The van der Waals surface area contributed by atoms with Gasteiger partial charge in [-0.2, -0.15) is 0 Å². The second-order valence-corrected chi connectivity index (χ2v) is 4.67. The van der Waals surface area contributed by atoms with Crippen molar-refractivity contribution in [1.82, 2.24) is 4.90 Å². The Morgan fingerprint density at radius 1 is 1.37 bits per heavy atom. The lowest BCUT2D eigenvalue weighted by atomic mass is 10.0. The third kappa shape index (κ3) is 3.84. The van der Waals surface area contributed by atoms with Gasteiger partial charge in [-0.25, -0.2) is 0 Å². The first-order valence-corrected chi connectivity index (χ1v) is 6.67. The van der Waals surface area contributed by atoms with Gasteiger partial charge in [0.25, 0.3) is 0 Å². The Kier molecular flexibility index (Phi) is 5.00. The maximum Gasteiger partial charge on any atom is 0.323 e. The molecule has 1 heterocycles. The summed E-state index contributed by atoms with van der Waals surface area (Å²) in [6.07, 6.45) is 3.09. The van der Waals surface area contributed by atoms with Crippen molar-refractivity contribution in [2.75, 3.05) is 20.2 Å². The van der Waals surface area contributed by atoms with Crippen LogP contribution in [0.15, 0.2) is 30.3 Å². The highest BCUT2D eigenvalue weighted by Gasteiger charge is 2.28. The topological polar surface area (TPSA) is 29.5 Å². The number of carbonyl (C=O) groups excluding carboxylic acids is 1. The van der Waals surface area contributed by atoms with Crippen LogP contribution in [0, 0.1) is 11.8 Å². The molecule has 1 fully saturated rings. The van der Waals surface area contributed by atoms with E-state index in [1.807, 2.05) is 30.3 Å². The van der Waals surface area contributed by atoms with E-state index in [0.29, 0.717) is 6.54 Å². The van der Waals surface area contributed by atoms with Crippen molar-refractivity contribution in [2.24, 2.45) is 0 Å². The zero-order valence-electron chi connectivity index (χ0n) is 11.3. The number of esters is 1. The molecule has 0 N–H and O–H groups in total. The van der Waals surface area contributed by atoms with Gasteiger partial charge in [-0.15, -0.1) is 0 Å². The standard InChI is InChI=1S/C16H19NO2/c1-19-16(18)15-11-5-6-12-17(15)13-7-10-14-8-3-2-4-9-14/h2-4,8-9,15H,5-6,11-13H2,1H3/t15-/m1/s1. The minimum atomic E-state index is -0.138. The molecule has 0 amide bonds. The minimum Gasteiger partial charge on any atom is -0.468 e. The Bertz CT molecular complexity index is 473.